The van der Waals surface area contributed by atoms with Crippen LogP contribution in [0, 0.1) is 0 Å². The Kier molecular flexibility index (Phi) is 31.1. The van der Waals surface area contributed by atoms with Gasteiger partial charge in [-0.2, -0.15) is 0 Å². The van der Waals surface area contributed by atoms with Crippen LogP contribution in [-0.2, 0) is 40.0 Å². The molecule has 2 fully saturated rings. The van der Waals surface area contributed by atoms with Crippen LogP contribution < -0.4 is 79.2 Å². The SMILES string of the molecule is C.NC(N)=NCCC[C@H]1CN(CCc2ccc3ccccc3c2)CCN1C(=O)[C@H](N)Cc1ccc(Cl)cc1Cl.[B]C(=O)NC(N=CB=O)=NCCC[C@H]1CN(CCc2ccc3ccccc3c2)CCN1C(=O)[C@@H](Cc1ccc(Cl)cc1Cl)NC([B])=O.[H-].[K+]. The standard InChI is InChI=1S/C32H33B3Cl2N6O4.C29H36Cl2N6O.CH4.K.H/c33-30(45)40-28(17-24-9-10-25(36)18-27(24)37)29(44)43-15-14-42(13-11-21-7-8-22-4-1-2-5-23(22)16-21)19-26(43)6-3-12-38-32(39-20-35-47)41-31(34)46;30-24-10-9-23(26(31)18-24)17-27(32)28(38)37-15-14-36(19-25(37)6-3-12-35-29(33)34)13-11-20-7-8-21-4-1-2-5-22(21)16-20;;;/h1-2,4-5,7-10,16,18,20,26,28H,3,6,11-15,17,19H2,(H,40,45)(H,38,41,46);1-2,4-5,7-10,16,18,25,27H,3,6,11-15,17,19,32H2,(H4,33,34,35);1H4;;/q;;;+1;-1/t26-,28+;25-,27+;;;/m00.../s1. The van der Waals surface area contributed by atoms with Gasteiger partial charge in [-0.1, -0.05) is 151 Å². The van der Waals surface area contributed by atoms with E-state index >= 15 is 0 Å². The number of nitrogens with two attached hydrogens (primary N) is 3. The molecule has 0 bridgehead atoms. The molecule has 2 saturated heterocycles. The number of nitrogens with zero attached hydrogens (tertiary/aromatic N) is 7. The molecular formula is C62H74B3Cl4KN12O5. The Morgan fingerprint density at radius 2 is 1.13 bits per heavy atom. The summed E-state index contributed by atoms with van der Waals surface area (Å²) in [6, 6.07) is 38.2. The van der Waals surface area contributed by atoms with E-state index in [4.69, 9.17) is 79.3 Å². The molecule has 0 unspecified atom stereocenters. The first-order valence-electron chi connectivity index (χ1n) is 28.3. The molecule has 2 heterocycles. The number of amides is 4. The number of benzene rings is 6. The van der Waals surface area contributed by atoms with Gasteiger partial charge in [0.05, 0.1) is 6.04 Å². The summed E-state index contributed by atoms with van der Waals surface area (Å²) in [5, 5.41) is 11.7. The molecule has 87 heavy (non-hydrogen) atoms. The monoisotopic (exact) mass is 1280 g/mol. The number of carbonyl (C=O) groups is 4. The fourth-order valence-electron chi connectivity index (χ4n) is 10.8. The van der Waals surface area contributed by atoms with E-state index in [1.807, 2.05) is 23.1 Å². The molecule has 450 valence electrons. The minimum atomic E-state index is -0.945. The number of guanidine groups is 2. The van der Waals surface area contributed by atoms with E-state index < -0.39 is 23.7 Å². The van der Waals surface area contributed by atoms with Gasteiger partial charge in [-0.25, -0.2) is 0 Å². The van der Waals surface area contributed by atoms with Crippen LogP contribution in [0.25, 0.3) is 21.5 Å². The zero-order valence-corrected chi connectivity index (χ0v) is 54.5. The summed E-state index contributed by atoms with van der Waals surface area (Å²) in [7, 11) is 11.1. The van der Waals surface area contributed by atoms with Gasteiger partial charge < -0.3 is 23.5 Å². The van der Waals surface area contributed by atoms with Gasteiger partial charge in [0.15, 0.2) is 11.8 Å². The number of piperazine rings is 2. The van der Waals surface area contributed by atoms with Crippen molar-refractivity contribution in [2.45, 2.75) is 83.0 Å². The molecule has 8 N–H and O–H groups in total. The Hall–Kier alpha value is -5.00. The molecular weight excluding hydrogens is 1210 g/mol. The van der Waals surface area contributed by atoms with E-state index in [-0.39, 0.29) is 109 Å². The number of carbonyl (C=O) groups excluding carboxylic acids is 4. The van der Waals surface area contributed by atoms with Gasteiger partial charge in [0.25, 0.3) is 0 Å². The van der Waals surface area contributed by atoms with E-state index in [1.165, 1.54) is 32.7 Å². The van der Waals surface area contributed by atoms with Crippen LogP contribution in [0.2, 0.25) is 20.1 Å². The van der Waals surface area contributed by atoms with E-state index in [2.05, 4.69) is 108 Å². The van der Waals surface area contributed by atoms with Gasteiger partial charge in [0, 0.05) is 58.9 Å². The van der Waals surface area contributed by atoms with Crippen LogP contribution in [0.4, 0.5) is 9.59 Å². The third-order valence-electron chi connectivity index (χ3n) is 15.0. The minimum Gasteiger partial charge on any atom is -1.00 e. The second-order valence-electron chi connectivity index (χ2n) is 21.1. The molecule has 17 nitrogen and oxygen atoms in total. The Bertz CT molecular complexity index is 3390. The summed E-state index contributed by atoms with van der Waals surface area (Å²) in [5.74, 6) is -2.00. The zero-order valence-electron chi connectivity index (χ0n) is 49.3. The average molecular weight is 1280 g/mol. The molecule has 0 aliphatic carbocycles. The van der Waals surface area contributed by atoms with Crippen molar-refractivity contribution < 1.29 is 76.7 Å². The molecule has 2 aliphatic rings. The van der Waals surface area contributed by atoms with E-state index in [9.17, 15) is 23.9 Å². The van der Waals surface area contributed by atoms with Gasteiger partial charge in [-0.05, 0) is 93.7 Å². The molecule has 25 heteroatoms. The summed E-state index contributed by atoms with van der Waals surface area (Å²) < 4.78 is 10.7. The Morgan fingerprint density at radius 1 is 0.644 bits per heavy atom. The molecule has 4 atom stereocenters. The predicted octanol–water partition coefficient (Wildman–Crippen LogP) is 5.36. The maximum atomic E-state index is 14.0. The first kappa shape index (κ1) is 72.7. The van der Waals surface area contributed by atoms with Gasteiger partial charge in [0.1, 0.15) is 0 Å². The van der Waals surface area contributed by atoms with Crippen LogP contribution >= 0.6 is 46.4 Å². The fraction of sp³-hybridized carbons (Fsp3) is 0.371. The van der Waals surface area contributed by atoms with Crippen LogP contribution in [0.15, 0.2) is 136 Å². The predicted molar refractivity (Wildman–Crippen MR) is 354 cm³/mol. The molecule has 2 aliphatic heterocycles. The summed E-state index contributed by atoms with van der Waals surface area (Å²) in [6.07, 6.45) is 5.92. The molecule has 8 rings (SSSR count). The molecule has 0 spiro atoms. The molecule has 0 saturated carbocycles. The quantitative estimate of drug-likeness (QED) is 0.0253. The van der Waals surface area contributed by atoms with Crippen molar-refractivity contribution in [2.75, 3.05) is 65.4 Å². The van der Waals surface area contributed by atoms with Crippen molar-refractivity contribution >= 4 is 132 Å². The summed E-state index contributed by atoms with van der Waals surface area (Å²) in [4.78, 5) is 71.5. The van der Waals surface area contributed by atoms with Crippen molar-refractivity contribution in [1.82, 2.24) is 30.2 Å². The molecule has 4 radical (unpaired) electrons. The average Bonchev–Trinajstić information content (AvgIpc) is 1.52. The van der Waals surface area contributed by atoms with Gasteiger partial charge >= 0.3 is 205 Å². The van der Waals surface area contributed by atoms with Gasteiger partial charge in [0.2, 0.25) is 13.8 Å². The van der Waals surface area contributed by atoms with Crippen molar-refractivity contribution in [3.8, 4) is 0 Å². The van der Waals surface area contributed by atoms with Gasteiger partial charge in [-0.3, -0.25) is 19.5 Å². The Balaban J connectivity index is 0.000000371. The van der Waals surface area contributed by atoms with Crippen LogP contribution in [-0.4, -0.2) is 174 Å². The smallest absolute Gasteiger partial charge is 1.00 e. The molecule has 6 aromatic carbocycles. The number of halogens is 4. The maximum absolute atomic E-state index is 14.0. The number of hydrogen-bond acceptors (Lipinski definition) is 10. The normalized spacial score (nSPS) is 16.1. The van der Waals surface area contributed by atoms with E-state index in [0.29, 0.717) is 84.8 Å². The Labute approximate surface area is 577 Å². The number of hydrogen-bond donors (Lipinski definition) is 5. The zero-order chi connectivity index (χ0) is 60.8. The number of nitrogens with one attached hydrogen (secondary N) is 2. The van der Waals surface area contributed by atoms with Crippen molar-refractivity contribution in [1.29, 1.82) is 0 Å². The van der Waals surface area contributed by atoms with Crippen LogP contribution in [0.3, 0.4) is 0 Å². The minimum absolute atomic E-state index is 0. The molecule has 6 aromatic rings. The third-order valence-corrected chi connectivity index (χ3v) is 16.2. The van der Waals surface area contributed by atoms with E-state index in [0.717, 1.165) is 63.5 Å². The number of aliphatic imine (C=N–C) groups is 3. The summed E-state index contributed by atoms with van der Waals surface area (Å²) in [6.45, 7) is 6.42. The van der Waals surface area contributed by atoms with Crippen molar-refractivity contribution in [3.63, 3.8) is 0 Å². The van der Waals surface area contributed by atoms with Crippen LogP contribution in [0.1, 0.15) is 56.8 Å². The molecule has 0 aromatic heterocycles. The number of fused-ring (bicyclic) bond motifs is 2. The van der Waals surface area contributed by atoms with Crippen LogP contribution in [0.5, 0.6) is 0 Å². The van der Waals surface area contributed by atoms with Gasteiger partial charge in [-0.15, -0.1) is 0 Å². The first-order valence-corrected chi connectivity index (χ1v) is 29.8. The summed E-state index contributed by atoms with van der Waals surface area (Å²) >= 11 is 24.8. The summed E-state index contributed by atoms with van der Waals surface area (Å²) in [5.41, 5.74) is 21.4. The number of rotatable bonds is 22. The van der Waals surface area contributed by atoms with E-state index in [1.54, 1.807) is 35.2 Å². The second kappa shape index (κ2) is 37.2. The second-order valence-corrected chi connectivity index (χ2v) is 22.8. The fourth-order valence-corrected chi connectivity index (χ4v) is 11.7. The Morgan fingerprint density at radius 3 is 1.60 bits per heavy atom. The first-order chi connectivity index (χ1) is 40.9. The molecule has 4 amide bonds. The van der Waals surface area contributed by atoms with Crippen molar-refractivity contribution in [2.24, 2.45) is 32.2 Å². The van der Waals surface area contributed by atoms with Crippen molar-refractivity contribution in [3.05, 3.63) is 164 Å². The third kappa shape index (κ3) is 23.4. The topological polar surface area (TPSA) is 238 Å².